The van der Waals surface area contributed by atoms with E-state index in [1.165, 1.54) is 12.0 Å². The number of aliphatic hydroxyl groups is 1. The van der Waals surface area contributed by atoms with Gasteiger partial charge in [-0.1, -0.05) is 45.0 Å². The zero-order valence-corrected chi connectivity index (χ0v) is 27.9. The van der Waals surface area contributed by atoms with Crippen LogP contribution in [0.15, 0.2) is 70.3 Å². The lowest BCUT2D eigenvalue weighted by atomic mass is 9.71. The molecule has 2 bridgehead atoms. The highest BCUT2D eigenvalue weighted by Crippen LogP contribution is 2.49. The summed E-state index contributed by atoms with van der Waals surface area (Å²) < 4.78 is 9.54. The fourth-order valence-electron chi connectivity index (χ4n) is 6.54. The Morgan fingerprint density at radius 1 is 1.18 bits per heavy atom. The van der Waals surface area contributed by atoms with E-state index in [2.05, 4.69) is 102 Å². The molecule has 0 saturated carbocycles. The highest BCUT2D eigenvalue weighted by molar-refractivity contribution is 9.11. The van der Waals surface area contributed by atoms with Crippen molar-refractivity contribution in [2.45, 2.75) is 70.4 Å². The van der Waals surface area contributed by atoms with Crippen LogP contribution in [0.4, 0.5) is 0 Å². The van der Waals surface area contributed by atoms with E-state index in [-0.39, 0.29) is 11.1 Å². The number of pyridine rings is 1. The monoisotopic (exact) mass is 671 g/mol. The summed E-state index contributed by atoms with van der Waals surface area (Å²) in [6.07, 6.45) is 5.61. The van der Waals surface area contributed by atoms with Crippen LogP contribution in [0.3, 0.4) is 0 Å². The maximum Gasteiger partial charge on any atom is 0.250 e. The third kappa shape index (κ3) is 5.42. The molecule has 4 nitrogen and oxygen atoms in total. The lowest BCUT2D eigenvalue weighted by molar-refractivity contribution is -0.984. The van der Waals surface area contributed by atoms with Gasteiger partial charge in [-0.15, -0.1) is 6.58 Å². The van der Waals surface area contributed by atoms with Gasteiger partial charge in [0.25, 0.3) is 8.32 Å². The normalized spacial score (nSPS) is 26.0. The maximum absolute atomic E-state index is 12.0. The largest absolute Gasteiger partial charge is 0.542 e. The third-order valence-electron chi connectivity index (χ3n) is 9.76. The quantitative estimate of drug-likeness (QED) is 0.155. The molecular formula is C32H41Br2N2O2Si+. The molecule has 3 aliphatic rings. The molecule has 208 valence electrons. The molecule has 2 aromatic carbocycles. The van der Waals surface area contributed by atoms with E-state index in [4.69, 9.17) is 4.43 Å². The van der Waals surface area contributed by atoms with Crippen LogP contribution in [0.25, 0.3) is 10.9 Å². The Hall–Kier alpha value is -1.51. The van der Waals surface area contributed by atoms with E-state index in [0.29, 0.717) is 11.8 Å². The summed E-state index contributed by atoms with van der Waals surface area (Å²) in [6, 6.07) is 14.7. The lowest BCUT2D eigenvalue weighted by Gasteiger charge is -2.58. The molecule has 0 aliphatic carbocycles. The summed E-state index contributed by atoms with van der Waals surface area (Å²) in [5.41, 5.74) is 3.17. The number of benzene rings is 2. The Morgan fingerprint density at radius 2 is 1.87 bits per heavy atom. The minimum atomic E-state index is -2.00. The first-order valence-electron chi connectivity index (χ1n) is 14.0. The van der Waals surface area contributed by atoms with Gasteiger partial charge in [0.1, 0.15) is 24.4 Å². The molecule has 1 N–H and O–H groups in total. The molecule has 3 aliphatic heterocycles. The van der Waals surface area contributed by atoms with Crippen molar-refractivity contribution in [3.05, 3.63) is 81.4 Å². The fraction of sp³-hybridized carbons (Fsp3) is 0.469. The first-order valence-corrected chi connectivity index (χ1v) is 18.5. The average Bonchev–Trinajstić information content (AvgIpc) is 2.89. The lowest BCUT2D eigenvalue weighted by Crippen LogP contribution is -2.67. The number of hydrogen-bond acceptors (Lipinski definition) is 3. The van der Waals surface area contributed by atoms with Gasteiger partial charge in [0.2, 0.25) is 0 Å². The Bertz CT molecular complexity index is 1360. The highest BCUT2D eigenvalue weighted by atomic mass is 79.9. The summed E-state index contributed by atoms with van der Waals surface area (Å²) in [5.74, 6) is 1.95. The predicted molar refractivity (Wildman–Crippen MR) is 170 cm³/mol. The second-order valence-electron chi connectivity index (χ2n) is 13.1. The molecule has 7 heteroatoms. The molecule has 0 amide bonds. The zero-order valence-electron chi connectivity index (χ0n) is 23.8. The fourth-order valence-corrected chi connectivity index (χ4v) is 9.32. The van der Waals surface area contributed by atoms with Gasteiger partial charge in [-0.2, -0.15) is 0 Å². The molecule has 39 heavy (non-hydrogen) atoms. The van der Waals surface area contributed by atoms with Gasteiger partial charge in [0, 0.05) is 35.9 Å². The molecule has 0 unspecified atom stereocenters. The number of para-hydroxylation sites is 1. The van der Waals surface area contributed by atoms with Crippen LogP contribution in [-0.2, 0) is 6.54 Å². The number of hydrogen-bond donors (Lipinski definition) is 1. The number of piperidine rings is 3. The second-order valence-corrected chi connectivity index (χ2v) is 19.6. The number of rotatable bonds is 7. The molecule has 3 fully saturated rings. The highest BCUT2D eigenvalue weighted by Gasteiger charge is 2.54. The summed E-state index contributed by atoms with van der Waals surface area (Å²) >= 11 is 7.71. The predicted octanol–water partition coefficient (Wildman–Crippen LogP) is 8.79. The Kier molecular flexibility index (Phi) is 7.97. The number of nitrogens with zero attached hydrogens (tertiary/aromatic N) is 2. The van der Waals surface area contributed by atoms with E-state index < -0.39 is 14.4 Å². The first-order chi connectivity index (χ1) is 18.3. The van der Waals surface area contributed by atoms with Crippen molar-refractivity contribution in [2.24, 2.45) is 11.8 Å². The standard InChI is InChI=1S/C32H41Br2N2O2Si/c1-7-22-20-36(19-21-16-26(33)31(27(34)17-21)38-39(5,6)32(2,3)4)15-13-23(22)18-29(36)30(37)25-12-14-35-28-11-9-8-10-24(25)28/h7-12,14,16-17,22-23,29-30,37H,1,13,15,18-20H2,2-6H3/q+1/t22-,23-,29+,30-,36+/m0/s1. The molecule has 1 aromatic heterocycles. The Balaban J connectivity index is 1.50. The van der Waals surface area contributed by atoms with Gasteiger partial charge >= 0.3 is 0 Å². The van der Waals surface area contributed by atoms with E-state index in [0.717, 1.165) is 61.7 Å². The second kappa shape index (κ2) is 10.7. The van der Waals surface area contributed by atoms with Crippen LogP contribution >= 0.6 is 31.9 Å². The average molecular weight is 674 g/mol. The zero-order chi connectivity index (χ0) is 28.2. The topological polar surface area (TPSA) is 42.4 Å². The van der Waals surface area contributed by atoms with Crippen LogP contribution < -0.4 is 4.43 Å². The molecule has 6 rings (SSSR count). The number of quaternary nitrogens is 1. The van der Waals surface area contributed by atoms with E-state index in [1.807, 2.05) is 30.5 Å². The van der Waals surface area contributed by atoms with Crippen LogP contribution in [0.2, 0.25) is 18.1 Å². The van der Waals surface area contributed by atoms with Crippen molar-refractivity contribution in [3.8, 4) is 5.75 Å². The van der Waals surface area contributed by atoms with E-state index >= 15 is 0 Å². The number of aliphatic hydroxyl groups excluding tert-OH is 1. The molecule has 5 atom stereocenters. The SMILES string of the molecule is C=C[C@H]1C[N@+]2(Cc3cc(Br)c(O[Si](C)(C)C(C)(C)C)c(Br)c3)CC[C@H]1C[C@@H]2[C@@H](O)c1ccnc2ccccc12. The summed E-state index contributed by atoms with van der Waals surface area (Å²) in [5, 5.41) is 13.2. The van der Waals surface area contributed by atoms with Gasteiger partial charge in [0.05, 0.1) is 27.6 Å². The van der Waals surface area contributed by atoms with Crippen LogP contribution in [0.5, 0.6) is 5.75 Å². The summed E-state index contributed by atoms with van der Waals surface area (Å²) in [6.45, 7) is 18.5. The molecule has 0 radical (unpaired) electrons. The van der Waals surface area contributed by atoms with Crippen molar-refractivity contribution in [3.63, 3.8) is 0 Å². The summed E-state index contributed by atoms with van der Waals surface area (Å²) in [4.78, 5) is 4.55. The minimum Gasteiger partial charge on any atom is -0.542 e. The van der Waals surface area contributed by atoms with Gasteiger partial charge < -0.3 is 14.0 Å². The van der Waals surface area contributed by atoms with Gasteiger partial charge in [-0.25, -0.2) is 0 Å². The van der Waals surface area contributed by atoms with E-state index in [9.17, 15) is 5.11 Å². The number of halogens is 2. The van der Waals surface area contributed by atoms with Crippen LogP contribution in [0.1, 0.15) is 50.8 Å². The van der Waals surface area contributed by atoms with Crippen molar-refractivity contribution >= 4 is 51.1 Å². The van der Waals surface area contributed by atoms with Crippen LogP contribution in [-0.4, -0.2) is 42.0 Å². The van der Waals surface area contributed by atoms with Gasteiger partial charge in [0.15, 0.2) is 0 Å². The molecule has 3 saturated heterocycles. The smallest absolute Gasteiger partial charge is 0.250 e. The van der Waals surface area contributed by atoms with Gasteiger partial charge in [-0.05, 0) is 85.7 Å². The molecule has 0 spiro atoms. The minimum absolute atomic E-state index is 0.112. The van der Waals surface area contributed by atoms with Crippen molar-refractivity contribution in [1.29, 1.82) is 0 Å². The van der Waals surface area contributed by atoms with Crippen molar-refractivity contribution in [1.82, 2.24) is 4.98 Å². The maximum atomic E-state index is 12.0. The van der Waals surface area contributed by atoms with Gasteiger partial charge in [-0.3, -0.25) is 4.98 Å². The third-order valence-corrected chi connectivity index (χ3v) is 15.3. The molecule has 4 heterocycles. The Morgan fingerprint density at radius 3 is 2.54 bits per heavy atom. The number of fused-ring (bicyclic) bond motifs is 4. The molecular weight excluding hydrogens is 632 g/mol. The summed E-state index contributed by atoms with van der Waals surface area (Å²) in [7, 11) is -2.00. The van der Waals surface area contributed by atoms with Crippen molar-refractivity contribution < 1.29 is 14.0 Å². The van der Waals surface area contributed by atoms with Crippen LogP contribution in [0, 0.1) is 11.8 Å². The Labute approximate surface area is 251 Å². The van der Waals surface area contributed by atoms with Crippen molar-refractivity contribution in [2.75, 3.05) is 13.1 Å². The van der Waals surface area contributed by atoms with E-state index in [1.54, 1.807) is 0 Å². The first kappa shape index (κ1) is 29.0. The number of aromatic nitrogens is 1. The molecule has 3 aromatic rings.